The summed E-state index contributed by atoms with van der Waals surface area (Å²) in [6.45, 7) is 6.57. The van der Waals surface area contributed by atoms with Crippen LogP contribution in [0.5, 0.6) is 0 Å². The van der Waals surface area contributed by atoms with Gasteiger partial charge in [0.1, 0.15) is 0 Å². The van der Waals surface area contributed by atoms with Crippen LogP contribution in [0.4, 0.5) is 5.82 Å². The van der Waals surface area contributed by atoms with Gasteiger partial charge in [-0.05, 0) is 19.1 Å². The molecule has 0 amide bonds. The van der Waals surface area contributed by atoms with Crippen LogP contribution in [0.15, 0.2) is 12.1 Å². The Kier molecular flexibility index (Phi) is 1.56. The molecule has 2 saturated heterocycles. The smallest absolute Gasteiger partial charge is 0.151 e. The summed E-state index contributed by atoms with van der Waals surface area (Å²) >= 11 is 0. The van der Waals surface area contributed by atoms with Crippen LogP contribution in [0.3, 0.4) is 0 Å². The van der Waals surface area contributed by atoms with Gasteiger partial charge in [0.25, 0.3) is 0 Å². The molecule has 3 rings (SSSR count). The number of aryl methyl sites for hydroxylation is 1. The topological polar surface area (TPSA) is 41.0 Å². The minimum atomic E-state index is 0.562. The lowest BCUT2D eigenvalue weighted by molar-refractivity contribution is 0.120. The molecular weight excluding hydrogens is 176 g/mol. The largest absolute Gasteiger partial charge is 0.354 e. The van der Waals surface area contributed by atoms with Crippen molar-refractivity contribution in [3.05, 3.63) is 17.8 Å². The molecule has 2 aliphatic heterocycles. The molecule has 4 heteroatoms. The third-order valence-corrected chi connectivity index (χ3v) is 3.16. The summed E-state index contributed by atoms with van der Waals surface area (Å²) in [6.07, 6.45) is 0. The van der Waals surface area contributed by atoms with Crippen molar-refractivity contribution in [2.24, 2.45) is 5.41 Å². The fraction of sp³-hybridized carbons (Fsp3) is 0.600. The minimum absolute atomic E-state index is 0.562. The lowest BCUT2D eigenvalue weighted by Crippen LogP contribution is -2.71. The van der Waals surface area contributed by atoms with Crippen LogP contribution in [-0.2, 0) is 0 Å². The molecule has 14 heavy (non-hydrogen) atoms. The van der Waals surface area contributed by atoms with Gasteiger partial charge in [0.2, 0.25) is 0 Å². The van der Waals surface area contributed by atoms with Crippen LogP contribution in [0.2, 0.25) is 0 Å². The third-order valence-electron chi connectivity index (χ3n) is 3.16. The van der Waals surface area contributed by atoms with Gasteiger partial charge in [-0.15, -0.1) is 5.10 Å². The summed E-state index contributed by atoms with van der Waals surface area (Å²) in [7, 11) is 0. The second-order valence-corrected chi connectivity index (χ2v) is 4.49. The highest BCUT2D eigenvalue weighted by Crippen LogP contribution is 2.36. The van der Waals surface area contributed by atoms with Crippen molar-refractivity contribution in [1.82, 2.24) is 15.5 Å². The van der Waals surface area contributed by atoms with Gasteiger partial charge in [0.05, 0.1) is 5.69 Å². The van der Waals surface area contributed by atoms with Gasteiger partial charge >= 0.3 is 0 Å². The number of nitrogens with zero attached hydrogens (tertiary/aromatic N) is 3. The molecule has 4 nitrogen and oxygen atoms in total. The molecule has 0 aliphatic carbocycles. The van der Waals surface area contributed by atoms with Crippen molar-refractivity contribution in [3.63, 3.8) is 0 Å². The molecule has 74 valence electrons. The third kappa shape index (κ3) is 1.10. The van der Waals surface area contributed by atoms with E-state index in [1.54, 1.807) is 0 Å². The van der Waals surface area contributed by atoms with Crippen LogP contribution < -0.4 is 10.2 Å². The van der Waals surface area contributed by atoms with Crippen molar-refractivity contribution in [2.45, 2.75) is 6.92 Å². The lowest BCUT2D eigenvalue weighted by atomic mass is 9.74. The van der Waals surface area contributed by atoms with Crippen LogP contribution in [0.1, 0.15) is 5.69 Å². The average Bonchev–Trinajstić information content (AvgIpc) is 2.03. The monoisotopic (exact) mass is 190 g/mol. The Bertz CT molecular complexity index is 334. The van der Waals surface area contributed by atoms with Gasteiger partial charge in [-0.25, -0.2) is 0 Å². The Balaban J connectivity index is 1.70. The first kappa shape index (κ1) is 8.17. The zero-order chi connectivity index (χ0) is 9.60. The molecule has 0 atom stereocenters. The van der Waals surface area contributed by atoms with Gasteiger partial charge < -0.3 is 10.2 Å². The van der Waals surface area contributed by atoms with E-state index >= 15 is 0 Å². The van der Waals surface area contributed by atoms with Crippen LogP contribution in [0, 0.1) is 12.3 Å². The fourth-order valence-electron chi connectivity index (χ4n) is 2.19. The molecule has 0 aromatic carbocycles. The molecular formula is C10H14N4. The second kappa shape index (κ2) is 2.67. The first-order valence-corrected chi connectivity index (χ1v) is 5.04. The average molecular weight is 190 g/mol. The van der Waals surface area contributed by atoms with E-state index in [0.717, 1.165) is 24.6 Å². The summed E-state index contributed by atoms with van der Waals surface area (Å²) in [4.78, 5) is 2.30. The number of hydrogen-bond donors (Lipinski definition) is 1. The molecule has 0 unspecified atom stereocenters. The van der Waals surface area contributed by atoms with Gasteiger partial charge in [-0.1, -0.05) is 0 Å². The molecule has 1 N–H and O–H groups in total. The maximum Gasteiger partial charge on any atom is 0.151 e. The second-order valence-electron chi connectivity index (χ2n) is 4.49. The maximum absolute atomic E-state index is 4.18. The first-order valence-electron chi connectivity index (χ1n) is 5.04. The first-order chi connectivity index (χ1) is 6.77. The lowest BCUT2D eigenvalue weighted by Gasteiger charge is -2.56. The Labute approximate surface area is 83.3 Å². The zero-order valence-electron chi connectivity index (χ0n) is 8.32. The minimum Gasteiger partial charge on any atom is -0.354 e. The van der Waals surface area contributed by atoms with E-state index in [0.29, 0.717) is 5.41 Å². The molecule has 1 aromatic heterocycles. The van der Waals surface area contributed by atoms with Crippen LogP contribution in [0.25, 0.3) is 0 Å². The molecule has 2 fully saturated rings. The molecule has 1 spiro atoms. The standard InChI is InChI=1S/C10H14N4/c1-8-2-3-9(13-12-8)14-6-10(7-14)4-11-5-10/h2-3,11H,4-7H2,1H3. The predicted molar refractivity (Wildman–Crippen MR) is 54.3 cm³/mol. The number of hydrogen-bond acceptors (Lipinski definition) is 4. The van der Waals surface area contributed by atoms with Crippen molar-refractivity contribution in [2.75, 3.05) is 31.1 Å². The summed E-state index contributed by atoms with van der Waals surface area (Å²) in [5.41, 5.74) is 1.54. The quantitative estimate of drug-likeness (QED) is 0.686. The van der Waals surface area contributed by atoms with Gasteiger partial charge in [0.15, 0.2) is 5.82 Å². The van der Waals surface area contributed by atoms with Gasteiger partial charge in [-0.3, -0.25) is 0 Å². The van der Waals surface area contributed by atoms with Crippen molar-refractivity contribution < 1.29 is 0 Å². The number of nitrogens with one attached hydrogen (secondary N) is 1. The van der Waals surface area contributed by atoms with E-state index in [1.165, 1.54) is 13.1 Å². The predicted octanol–water partition coefficient (Wildman–Crippen LogP) is 0.195. The van der Waals surface area contributed by atoms with Gasteiger partial charge in [0, 0.05) is 31.6 Å². The molecule has 3 heterocycles. The Morgan fingerprint density at radius 1 is 1.29 bits per heavy atom. The van der Waals surface area contributed by atoms with E-state index in [-0.39, 0.29) is 0 Å². The van der Waals surface area contributed by atoms with E-state index in [4.69, 9.17) is 0 Å². The molecule has 0 radical (unpaired) electrons. The van der Waals surface area contributed by atoms with Crippen molar-refractivity contribution in [3.8, 4) is 0 Å². The van der Waals surface area contributed by atoms with E-state index in [2.05, 4.69) is 26.5 Å². The number of aromatic nitrogens is 2. The molecule has 0 bridgehead atoms. The van der Waals surface area contributed by atoms with Crippen molar-refractivity contribution >= 4 is 5.82 Å². The van der Waals surface area contributed by atoms with Gasteiger partial charge in [-0.2, -0.15) is 5.10 Å². The van der Waals surface area contributed by atoms with Crippen LogP contribution >= 0.6 is 0 Å². The highest BCUT2D eigenvalue weighted by molar-refractivity contribution is 5.43. The SMILES string of the molecule is Cc1ccc(N2CC3(CNC3)C2)nn1. The highest BCUT2D eigenvalue weighted by Gasteiger charge is 2.47. The molecule has 2 aliphatic rings. The Morgan fingerprint density at radius 3 is 2.57 bits per heavy atom. The summed E-state index contributed by atoms with van der Waals surface area (Å²) in [5.74, 6) is 1.02. The highest BCUT2D eigenvalue weighted by atomic mass is 15.3. The number of anilines is 1. The Morgan fingerprint density at radius 2 is 2.07 bits per heavy atom. The fourth-order valence-corrected chi connectivity index (χ4v) is 2.19. The number of rotatable bonds is 1. The molecule has 1 aromatic rings. The normalized spacial score (nSPS) is 23.1. The summed E-state index contributed by atoms with van der Waals surface area (Å²) in [6, 6.07) is 4.08. The van der Waals surface area contributed by atoms with Crippen LogP contribution in [-0.4, -0.2) is 36.4 Å². The van der Waals surface area contributed by atoms with E-state index in [1.807, 2.05) is 13.0 Å². The Hall–Kier alpha value is -1.16. The van der Waals surface area contributed by atoms with E-state index in [9.17, 15) is 0 Å². The van der Waals surface area contributed by atoms with Crippen molar-refractivity contribution in [1.29, 1.82) is 0 Å². The zero-order valence-corrected chi connectivity index (χ0v) is 8.32. The molecule has 0 saturated carbocycles. The maximum atomic E-state index is 4.18. The summed E-state index contributed by atoms with van der Waals surface area (Å²) < 4.78 is 0. The summed E-state index contributed by atoms with van der Waals surface area (Å²) in [5, 5.41) is 11.6. The van der Waals surface area contributed by atoms with E-state index < -0.39 is 0 Å².